The van der Waals surface area contributed by atoms with Crippen LogP contribution in [0.5, 0.6) is 0 Å². The smallest absolute Gasteiger partial charge is 0.337 e. The topological polar surface area (TPSA) is 125 Å². The van der Waals surface area contributed by atoms with Gasteiger partial charge in [0.15, 0.2) is 0 Å². The van der Waals surface area contributed by atoms with Crippen molar-refractivity contribution in [3.8, 4) is 0 Å². The van der Waals surface area contributed by atoms with Gasteiger partial charge in [-0.2, -0.15) is 0 Å². The number of ether oxygens (including phenoxy) is 1. The second kappa shape index (κ2) is 13.9. The first-order valence-electron chi connectivity index (χ1n) is 11.8. The van der Waals surface area contributed by atoms with Crippen LogP contribution in [0.1, 0.15) is 41.4 Å². The highest BCUT2D eigenvalue weighted by atomic mass is 16.5. The van der Waals surface area contributed by atoms with Crippen LogP contribution in [-0.2, 0) is 4.74 Å². The summed E-state index contributed by atoms with van der Waals surface area (Å²) in [6, 6.07) is 30.7. The maximum atomic E-state index is 12.2. The minimum atomic E-state index is -0.589. The first kappa shape index (κ1) is 28.3. The van der Waals surface area contributed by atoms with Crippen LogP contribution in [-0.4, -0.2) is 43.1 Å². The maximum Gasteiger partial charge on any atom is 0.337 e. The van der Waals surface area contributed by atoms with Crippen LogP contribution in [0, 0.1) is 0 Å². The molecule has 0 atom stereocenters. The molecule has 198 valence electrons. The summed E-state index contributed by atoms with van der Waals surface area (Å²) in [6.07, 6.45) is 0. The number of benzene rings is 4. The van der Waals surface area contributed by atoms with Gasteiger partial charge in [0.2, 0.25) is 0 Å². The lowest BCUT2D eigenvalue weighted by Crippen LogP contribution is -2.26. The average Bonchev–Trinajstić information content (AvgIpc) is 3.01. The molecule has 0 heterocycles. The zero-order valence-electron chi connectivity index (χ0n) is 21.3. The lowest BCUT2D eigenvalue weighted by molar-refractivity contribution is 0.0600. The molecule has 0 saturated heterocycles. The lowest BCUT2D eigenvalue weighted by Gasteiger charge is -2.17. The number of hydroxylamine groups is 1. The van der Waals surface area contributed by atoms with Crippen LogP contribution >= 0.6 is 0 Å². The standard InChI is InChI=1S/C15H14N2O3.C15H13NO3/c1-17(15(19)12-5-3-2-4-6-12)13-9-7-11(8-10-13)14(18)16-20;1-19-15(18)12-7-9-13(10-8-12)16-14(17)11-5-3-2-4-6-11/h2-10,20H,1H3,(H,16,18);2-10H,1H3,(H,16,17). The van der Waals surface area contributed by atoms with Crippen molar-refractivity contribution >= 4 is 35.1 Å². The Morgan fingerprint density at radius 2 is 1.13 bits per heavy atom. The molecule has 0 radical (unpaired) electrons. The largest absolute Gasteiger partial charge is 0.465 e. The van der Waals surface area contributed by atoms with Gasteiger partial charge in [0.05, 0.1) is 12.7 Å². The quantitative estimate of drug-likeness (QED) is 0.189. The molecule has 4 rings (SSSR count). The lowest BCUT2D eigenvalue weighted by atomic mass is 10.1. The van der Waals surface area contributed by atoms with Gasteiger partial charge < -0.3 is 15.0 Å². The van der Waals surface area contributed by atoms with E-state index < -0.39 is 11.9 Å². The average molecular weight is 526 g/mol. The Kier molecular flexibility index (Phi) is 10.1. The van der Waals surface area contributed by atoms with E-state index in [1.165, 1.54) is 24.1 Å². The summed E-state index contributed by atoms with van der Waals surface area (Å²) in [5, 5.41) is 11.3. The van der Waals surface area contributed by atoms with E-state index in [4.69, 9.17) is 5.21 Å². The van der Waals surface area contributed by atoms with Crippen molar-refractivity contribution in [1.29, 1.82) is 0 Å². The van der Waals surface area contributed by atoms with Crippen LogP contribution in [0.25, 0.3) is 0 Å². The molecule has 39 heavy (non-hydrogen) atoms. The Bertz CT molecular complexity index is 1410. The second-order valence-corrected chi connectivity index (χ2v) is 8.11. The summed E-state index contributed by atoms with van der Waals surface area (Å²) in [6.45, 7) is 0. The molecule has 0 aliphatic rings. The number of hydrogen-bond acceptors (Lipinski definition) is 6. The first-order valence-corrected chi connectivity index (χ1v) is 11.8. The minimum absolute atomic E-state index is 0.134. The molecule has 3 N–H and O–H groups in total. The predicted molar refractivity (Wildman–Crippen MR) is 147 cm³/mol. The van der Waals surface area contributed by atoms with E-state index in [1.807, 2.05) is 12.1 Å². The second-order valence-electron chi connectivity index (χ2n) is 8.11. The van der Waals surface area contributed by atoms with Crippen molar-refractivity contribution in [3.05, 3.63) is 131 Å². The van der Waals surface area contributed by atoms with Gasteiger partial charge in [0.1, 0.15) is 0 Å². The fourth-order valence-corrected chi connectivity index (χ4v) is 3.39. The Hall–Kier alpha value is -5.28. The molecule has 9 heteroatoms. The van der Waals surface area contributed by atoms with Crippen molar-refractivity contribution in [1.82, 2.24) is 5.48 Å². The Morgan fingerprint density at radius 3 is 1.64 bits per heavy atom. The highest BCUT2D eigenvalue weighted by Gasteiger charge is 2.13. The maximum absolute atomic E-state index is 12.2. The highest BCUT2D eigenvalue weighted by molar-refractivity contribution is 6.06. The van der Waals surface area contributed by atoms with E-state index in [0.717, 1.165) is 0 Å². The van der Waals surface area contributed by atoms with Gasteiger partial charge in [-0.25, -0.2) is 10.3 Å². The molecule has 0 spiro atoms. The highest BCUT2D eigenvalue weighted by Crippen LogP contribution is 2.17. The summed E-state index contributed by atoms with van der Waals surface area (Å²) in [5.41, 5.74) is 4.78. The van der Waals surface area contributed by atoms with Crippen molar-refractivity contribution in [2.75, 3.05) is 24.4 Å². The fourth-order valence-electron chi connectivity index (χ4n) is 3.39. The number of anilines is 2. The van der Waals surface area contributed by atoms with Gasteiger partial charge in [-0.1, -0.05) is 36.4 Å². The molecular formula is C30H27N3O6. The molecule has 0 unspecified atom stereocenters. The van der Waals surface area contributed by atoms with Crippen LogP contribution in [0.15, 0.2) is 109 Å². The number of carbonyl (C=O) groups excluding carboxylic acids is 4. The van der Waals surface area contributed by atoms with Gasteiger partial charge in [0.25, 0.3) is 17.7 Å². The van der Waals surface area contributed by atoms with E-state index in [0.29, 0.717) is 33.6 Å². The number of rotatable bonds is 6. The van der Waals surface area contributed by atoms with Gasteiger partial charge in [-0.15, -0.1) is 0 Å². The molecule has 9 nitrogen and oxygen atoms in total. The number of nitrogens with zero attached hydrogens (tertiary/aromatic N) is 1. The van der Waals surface area contributed by atoms with Gasteiger partial charge >= 0.3 is 5.97 Å². The zero-order valence-corrected chi connectivity index (χ0v) is 21.3. The zero-order chi connectivity index (χ0) is 28.2. The summed E-state index contributed by atoms with van der Waals surface area (Å²) >= 11 is 0. The summed E-state index contributed by atoms with van der Waals surface area (Å²) in [5.74, 6) is -1.31. The summed E-state index contributed by atoms with van der Waals surface area (Å²) in [4.78, 5) is 48.1. The van der Waals surface area contributed by atoms with Crippen LogP contribution in [0.2, 0.25) is 0 Å². The monoisotopic (exact) mass is 525 g/mol. The van der Waals surface area contributed by atoms with E-state index >= 15 is 0 Å². The Labute approximate surface area is 225 Å². The van der Waals surface area contributed by atoms with Gasteiger partial charge in [-0.05, 0) is 72.8 Å². The normalized spacial score (nSPS) is 9.82. The molecule has 0 aromatic heterocycles. The van der Waals surface area contributed by atoms with Crippen LogP contribution in [0.3, 0.4) is 0 Å². The molecule has 4 aromatic rings. The summed E-state index contributed by atoms with van der Waals surface area (Å²) < 4.78 is 4.60. The fraction of sp³-hybridized carbons (Fsp3) is 0.0667. The number of hydrogen-bond donors (Lipinski definition) is 3. The van der Waals surface area contributed by atoms with Gasteiger partial charge in [0, 0.05) is 35.1 Å². The van der Waals surface area contributed by atoms with E-state index in [9.17, 15) is 19.2 Å². The Balaban J connectivity index is 0.000000216. The van der Waals surface area contributed by atoms with Crippen LogP contribution in [0.4, 0.5) is 11.4 Å². The third-order valence-electron chi connectivity index (χ3n) is 5.54. The van der Waals surface area contributed by atoms with Crippen molar-refractivity contribution in [2.45, 2.75) is 0 Å². The summed E-state index contributed by atoms with van der Waals surface area (Å²) in [7, 11) is 2.99. The van der Waals surface area contributed by atoms with E-state index in [2.05, 4.69) is 10.1 Å². The van der Waals surface area contributed by atoms with Gasteiger partial charge in [-0.3, -0.25) is 19.6 Å². The molecular weight excluding hydrogens is 498 g/mol. The number of esters is 1. The molecule has 0 bridgehead atoms. The number of amides is 3. The molecule has 0 saturated carbocycles. The molecule has 0 aliphatic heterocycles. The Morgan fingerprint density at radius 1 is 0.641 bits per heavy atom. The van der Waals surface area contributed by atoms with Crippen molar-refractivity contribution < 1.29 is 29.1 Å². The van der Waals surface area contributed by atoms with Crippen molar-refractivity contribution in [2.24, 2.45) is 0 Å². The third kappa shape index (κ3) is 7.85. The molecule has 3 amide bonds. The number of methoxy groups -OCH3 is 1. The van der Waals surface area contributed by atoms with E-state index in [-0.39, 0.29) is 11.8 Å². The molecule has 4 aromatic carbocycles. The van der Waals surface area contributed by atoms with Crippen LogP contribution < -0.4 is 15.7 Å². The van der Waals surface area contributed by atoms with Crippen molar-refractivity contribution in [3.63, 3.8) is 0 Å². The third-order valence-corrected chi connectivity index (χ3v) is 5.54. The first-order chi connectivity index (χ1) is 18.8. The number of carbonyl (C=O) groups is 4. The van der Waals surface area contributed by atoms with E-state index in [1.54, 1.807) is 97.5 Å². The minimum Gasteiger partial charge on any atom is -0.465 e. The predicted octanol–water partition coefficient (Wildman–Crippen LogP) is 4.81. The molecule has 0 fully saturated rings. The SMILES string of the molecule is CN(C(=O)c1ccccc1)c1ccc(C(=O)NO)cc1.COC(=O)c1ccc(NC(=O)c2ccccc2)cc1. The molecule has 0 aliphatic carbocycles. The number of nitrogens with one attached hydrogen (secondary N) is 2.